The Hall–Kier alpha value is -4.01. The van der Waals surface area contributed by atoms with Gasteiger partial charge in [0.25, 0.3) is 11.8 Å². The van der Waals surface area contributed by atoms with E-state index in [4.69, 9.17) is 4.74 Å². The minimum atomic E-state index is -5.10. The number of hydrogen-bond donors (Lipinski definition) is 1. The Kier molecular flexibility index (Phi) is 8.62. The maximum Gasteiger partial charge on any atom is 0.416 e. The zero-order valence-electron chi connectivity index (χ0n) is 23.0. The number of amides is 2. The van der Waals surface area contributed by atoms with E-state index in [0.29, 0.717) is 43.0 Å². The summed E-state index contributed by atoms with van der Waals surface area (Å²) in [6, 6.07) is 2.73. The first-order valence-electron chi connectivity index (χ1n) is 13.0. The molecule has 1 fully saturated rings. The Bertz CT molecular complexity index is 1410. The Labute approximate surface area is 236 Å². The Morgan fingerprint density at radius 2 is 1.60 bits per heavy atom. The van der Waals surface area contributed by atoms with Crippen molar-refractivity contribution in [1.82, 2.24) is 30.0 Å². The third kappa shape index (κ3) is 6.89. The number of nitrogens with one attached hydrogen (secondary N) is 1. The van der Waals surface area contributed by atoms with Gasteiger partial charge in [0.2, 0.25) is 0 Å². The molecule has 3 atom stereocenters. The molecule has 0 aliphatic carbocycles. The highest BCUT2D eigenvalue weighted by atomic mass is 19.4. The van der Waals surface area contributed by atoms with E-state index in [2.05, 4.69) is 20.4 Å². The van der Waals surface area contributed by atoms with Crippen LogP contribution in [0.2, 0.25) is 0 Å². The van der Waals surface area contributed by atoms with Crippen molar-refractivity contribution in [1.29, 1.82) is 0 Å². The average molecular weight is 599 g/mol. The van der Waals surface area contributed by atoms with Crippen LogP contribution in [0.25, 0.3) is 5.82 Å². The van der Waals surface area contributed by atoms with Crippen molar-refractivity contribution in [3.05, 3.63) is 70.4 Å². The maximum atomic E-state index is 13.3. The highest BCUT2D eigenvalue weighted by molar-refractivity contribution is 5.95. The van der Waals surface area contributed by atoms with Crippen LogP contribution in [-0.2, 0) is 23.5 Å². The number of halogens is 6. The van der Waals surface area contributed by atoms with Crippen LogP contribution < -0.4 is 5.32 Å². The summed E-state index contributed by atoms with van der Waals surface area (Å²) in [5.41, 5.74) is -3.71. The number of hydrogen-bond acceptors (Lipinski definition) is 6. The molecule has 0 radical (unpaired) electrons. The van der Waals surface area contributed by atoms with Gasteiger partial charge in [-0.3, -0.25) is 9.59 Å². The maximum absolute atomic E-state index is 13.3. The molecule has 0 unspecified atom stereocenters. The van der Waals surface area contributed by atoms with Crippen molar-refractivity contribution < 1.29 is 40.7 Å². The van der Waals surface area contributed by atoms with Gasteiger partial charge in [0.15, 0.2) is 17.5 Å². The molecular formula is C27H28F6N6O3. The Morgan fingerprint density at radius 3 is 2.10 bits per heavy atom. The Morgan fingerprint density at radius 1 is 1.00 bits per heavy atom. The lowest BCUT2D eigenvalue weighted by atomic mass is 10.0. The van der Waals surface area contributed by atoms with E-state index < -0.39 is 41.0 Å². The van der Waals surface area contributed by atoms with Crippen LogP contribution in [0, 0.1) is 0 Å². The summed E-state index contributed by atoms with van der Waals surface area (Å²) in [4.78, 5) is 36.2. The number of aromatic nitrogens is 4. The largest absolute Gasteiger partial charge is 0.416 e. The summed E-state index contributed by atoms with van der Waals surface area (Å²) in [6.45, 7) is 7.81. The van der Waals surface area contributed by atoms with Crippen LogP contribution in [0.4, 0.5) is 26.3 Å². The molecule has 15 heteroatoms. The molecule has 4 rings (SSSR count). The molecule has 2 amide bonds. The van der Waals surface area contributed by atoms with Gasteiger partial charge in [0.05, 0.1) is 34.9 Å². The average Bonchev–Trinajstić information content (AvgIpc) is 3.36. The number of ether oxygens (including phenoxy) is 1. The smallest absolute Gasteiger partial charge is 0.372 e. The van der Waals surface area contributed by atoms with Crippen molar-refractivity contribution >= 4 is 11.8 Å². The molecule has 0 saturated carbocycles. The lowest BCUT2D eigenvalue weighted by molar-refractivity contribution is -0.143. The van der Waals surface area contributed by atoms with Gasteiger partial charge < -0.3 is 15.0 Å². The molecule has 2 aromatic heterocycles. The quantitative estimate of drug-likeness (QED) is 0.401. The molecule has 1 saturated heterocycles. The normalized spacial score (nSPS) is 18.6. The van der Waals surface area contributed by atoms with Gasteiger partial charge in [0, 0.05) is 31.3 Å². The SMILES string of the molecule is CCc1nc([C@H](C)NC(=O)c2cc(C(F)(F)F)cc(C(F)(F)F)c2)n(-c2ccc(C(=O)N3C[C@@H](C)O[C@@H](C)C3)cn2)n1. The number of benzene rings is 1. The second-order valence-electron chi connectivity index (χ2n) is 10.0. The van der Waals surface area contributed by atoms with Crippen LogP contribution in [0.5, 0.6) is 0 Å². The van der Waals surface area contributed by atoms with Crippen LogP contribution in [0.15, 0.2) is 36.5 Å². The fraction of sp³-hybridized carbons (Fsp3) is 0.444. The van der Waals surface area contributed by atoms with Gasteiger partial charge in [-0.05, 0) is 51.1 Å². The first kappa shape index (κ1) is 30.9. The molecular weight excluding hydrogens is 570 g/mol. The molecule has 1 N–H and O–H groups in total. The van der Waals surface area contributed by atoms with Gasteiger partial charge in [-0.2, -0.15) is 31.0 Å². The van der Waals surface area contributed by atoms with E-state index in [9.17, 15) is 35.9 Å². The monoisotopic (exact) mass is 598 g/mol. The van der Waals surface area contributed by atoms with Gasteiger partial charge in [-0.1, -0.05) is 6.92 Å². The summed E-state index contributed by atoms with van der Waals surface area (Å²) < 4.78 is 86.6. The summed E-state index contributed by atoms with van der Waals surface area (Å²) in [7, 11) is 0. The van der Waals surface area contributed by atoms with Crippen LogP contribution in [-0.4, -0.2) is 61.8 Å². The summed E-state index contributed by atoms with van der Waals surface area (Å²) >= 11 is 0. The van der Waals surface area contributed by atoms with E-state index >= 15 is 0 Å². The zero-order chi connectivity index (χ0) is 31.0. The van der Waals surface area contributed by atoms with E-state index in [1.54, 1.807) is 17.9 Å². The van der Waals surface area contributed by atoms with E-state index in [1.165, 1.54) is 23.9 Å². The van der Waals surface area contributed by atoms with Crippen LogP contribution >= 0.6 is 0 Å². The van der Waals surface area contributed by atoms with Gasteiger partial charge >= 0.3 is 12.4 Å². The molecule has 1 aliphatic rings. The Balaban J connectivity index is 1.59. The number of morpholine rings is 1. The van der Waals surface area contributed by atoms with Crippen molar-refractivity contribution in [3.63, 3.8) is 0 Å². The van der Waals surface area contributed by atoms with E-state index in [1.807, 2.05) is 13.8 Å². The van der Waals surface area contributed by atoms with Crippen molar-refractivity contribution in [3.8, 4) is 5.82 Å². The lowest BCUT2D eigenvalue weighted by Gasteiger charge is -2.35. The molecule has 3 aromatic rings. The fourth-order valence-electron chi connectivity index (χ4n) is 4.56. The molecule has 9 nitrogen and oxygen atoms in total. The molecule has 3 heterocycles. The van der Waals surface area contributed by atoms with Gasteiger partial charge in [0.1, 0.15) is 0 Å². The molecule has 0 spiro atoms. The molecule has 1 aliphatic heterocycles. The van der Waals surface area contributed by atoms with Crippen molar-refractivity contribution in [2.24, 2.45) is 0 Å². The van der Waals surface area contributed by atoms with Crippen molar-refractivity contribution in [2.45, 2.75) is 64.7 Å². The van der Waals surface area contributed by atoms with E-state index in [-0.39, 0.29) is 35.8 Å². The second kappa shape index (κ2) is 11.7. The van der Waals surface area contributed by atoms with Crippen LogP contribution in [0.1, 0.15) is 77.2 Å². The van der Waals surface area contributed by atoms with E-state index in [0.717, 1.165) is 0 Å². The molecule has 1 aromatic carbocycles. The topological polar surface area (TPSA) is 102 Å². The highest BCUT2D eigenvalue weighted by Crippen LogP contribution is 2.36. The third-order valence-electron chi connectivity index (χ3n) is 6.50. The molecule has 42 heavy (non-hydrogen) atoms. The highest BCUT2D eigenvalue weighted by Gasteiger charge is 2.38. The molecule has 226 valence electrons. The number of carbonyl (C=O) groups excluding carboxylic acids is 2. The third-order valence-corrected chi connectivity index (χ3v) is 6.50. The minimum absolute atomic E-state index is 0.0509. The predicted molar refractivity (Wildman–Crippen MR) is 137 cm³/mol. The number of aryl methyl sites for hydroxylation is 1. The first-order valence-corrected chi connectivity index (χ1v) is 13.0. The zero-order valence-corrected chi connectivity index (χ0v) is 23.0. The van der Waals surface area contributed by atoms with Crippen LogP contribution in [0.3, 0.4) is 0 Å². The van der Waals surface area contributed by atoms with Gasteiger partial charge in [-0.25, -0.2) is 9.97 Å². The lowest BCUT2D eigenvalue weighted by Crippen LogP contribution is -2.48. The second-order valence-corrected chi connectivity index (χ2v) is 10.0. The number of alkyl halides is 6. The number of rotatable bonds is 6. The number of carbonyl (C=O) groups is 2. The fourth-order valence-corrected chi connectivity index (χ4v) is 4.56. The molecule has 0 bridgehead atoms. The summed E-state index contributed by atoms with van der Waals surface area (Å²) in [5.74, 6) is -0.691. The summed E-state index contributed by atoms with van der Waals surface area (Å²) in [6.07, 6.45) is -8.70. The first-order chi connectivity index (χ1) is 19.6. The number of pyridine rings is 1. The van der Waals surface area contributed by atoms with Gasteiger partial charge in [-0.15, -0.1) is 5.10 Å². The summed E-state index contributed by atoms with van der Waals surface area (Å²) in [5, 5.41) is 6.76. The number of nitrogens with zero attached hydrogens (tertiary/aromatic N) is 5. The predicted octanol–water partition coefficient (Wildman–Crippen LogP) is 5.00. The minimum Gasteiger partial charge on any atom is -0.372 e. The van der Waals surface area contributed by atoms with Crippen molar-refractivity contribution in [2.75, 3.05) is 13.1 Å². The standard InChI is InChI=1S/C27H28F6N6O3/c1-5-21-36-23(16(4)35-24(40)18-8-19(26(28,29)30)10-20(9-18)27(31,32)33)39(37-21)22-7-6-17(11-34-22)25(41)38-12-14(2)42-15(3)13-38/h6-11,14-16H,5,12-13H2,1-4H3,(H,35,40)/t14-,15+,16-/m0/s1.